The molecule has 1 fully saturated rings. The maximum Gasteiger partial charge on any atom is 0.251 e. The quantitative estimate of drug-likeness (QED) is 0.780. The fourth-order valence-corrected chi connectivity index (χ4v) is 2.22. The molecule has 0 radical (unpaired) electrons. The Balaban J connectivity index is 2.02. The van der Waals surface area contributed by atoms with Crippen LogP contribution in [0.25, 0.3) is 0 Å². The Morgan fingerprint density at radius 2 is 2.15 bits per heavy atom. The predicted octanol–water partition coefficient (Wildman–Crippen LogP) is 1.52. The van der Waals surface area contributed by atoms with E-state index < -0.39 is 0 Å². The Morgan fingerprint density at radius 3 is 2.80 bits per heavy atom. The number of carbonyl (C=O) groups excluding carboxylic acids is 2. The van der Waals surface area contributed by atoms with Crippen molar-refractivity contribution in [3.63, 3.8) is 0 Å². The van der Waals surface area contributed by atoms with Crippen molar-refractivity contribution in [2.24, 2.45) is 0 Å². The largest absolute Gasteiger partial charge is 0.350 e. The molecule has 1 aromatic rings. The molecule has 20 heavy (non-hydrogen) atoms. The Morgan fingerprint density at radius 1 is 1.35 bits per heavy atom. The number of anilines is 1. The van der Waals surface area contributed by atoms with E-state index in [1.54, 1.807) is 24.3 Å². The summed E-state index contributed by atoms with van der Waals surface area (Å²) in [5.41, 5.74) is 1.20. The second kappa shape index (κ2) is 6.52. The van der Waals surface area contributed by atoms with Gasteiger partial charge in [0.2, 0.25) is 5.91 Å². The van der Waals surface area contributed by atoms with Crippen LogP contribution in [0.5, 0.6) is 0 Å². The van der Waals surface area contributed by atoms with Crippen LogP contribution in [0.15, 0.2) is 24.3 Å². The van der Waals surface area contributed by atoms with Gasteiger partial charge in [-0.2, -0.15) is 0 Å². The summed E-state index contributed by atoms with van der Waals surface area (Å²) in [6, 6.07) is 6.96. The summed E-state index contributed by atoms with van der Waals surface area (Å²) in [6.07, 6.45) is 1.88. The monoisotopic (exact) mass is 275 g/mol. The first-order valence-electron chi connectivity index (χ1n) is 7.01. The number of rotatable bonds is 4. The summed E-state index contributed by atoms with van der Waals surface area (Å²) < 4.78 is 0. The number of benzene rings is 1. The molecule has 0 spiro atoms. The molecule has 2 rings (SSSR count). The van der Waals surface area contributed by atoms with Crippen molar-refractivity contribution in [1.82, 2.24) is 10.6 Å². The highest BCUT2D eigenvalue weighted by molar-refractivity contribution is 5.98. The van der Waals surface area contributed by atoms with Gasteiger partial charge in [-0.05, 0) is 51.4 Å². The number of amides is 2. The standard InChI is InChI=1S/C15H21N3O2/c1-10(2)17-14(19)11-5-3-6-12(9-11)18-15(20)13-7-4-8-16-13/h3,5-6,9-10,13,16H,4,7-8H2,1-2H3,(H,17,19)(H,18,20)/t13-/m0/s1. The van der Waals surface area contributed by atoms with E-state index in [0.717, 1.165) is 19.4 Å². The Bertz CT molecular complexity index is 494. The minimum atomic E-state index is -0.130. The van der Waals surface area contributed by atoms with Gasteiger partial charge in [0.1, 0.15) is 0 Å². The first-order chi connectivity index (χ1) is 9.56. The summed E-state index contributed by atoms with van der Waals surface area (Å²) in [6.45, 7) is 4.71. The van der Waals surface area contributed by atoms with Crippen molar-refractivity contribution >= 4 is 17.5 Å². The molecule has 1 atom stereocenters. The zero-order valence-electron chi connectivity index (χ0n) is 11.9. The molecule has 0 aromatic heterocycles. The third kappa shape index (κ3) is 3.81. The molecule has 5 heteroatoms. The zero-order valence-corrected chi connectivity index (χ0v) is 11.9. The van der Waals surface area contributed by atoms with Gasteiger partial charge in [-0.3, -0.25) is 9.59 Å². The fraction of sp³-hybridized carbons (Fsp3) is 0.467. The Hall–Kier alpha value is -1.88. The van der Waals surface area contributed by atoms with E-state index in [2.05, 4.69) is 16.0 Å². The average Bonchev–Trinajstić information content (AvgIpc) is 2.92. The molecule has 1 heterocycles. The minimum absolute atomic E-state index is 0.0380. The van der Waals surface area contributed by atoms with E-state index in [9.17, 15) is 9.59 Å². The third-order valence-electron chi connectivity index (χ3n) is 3.19. The molecule has 1 aliphatic heterocycles. The molecule has 0 aliphatic carbocycles. The van der Waals surface area contributed by atoms with Crippen molar-refractivity contribution in [2.75, 3.05) is 11.9 Å². The minimum Gasteiger partial charge on any atom is -0.350 e. The number of hydrogen-bond acceptors (Lipinski definition) is 3. The highest BCUT2D eigenvalue weighted by Gasteiger charge is 2.22. The lowest BCUT2D eigenvalue weighted by Gasteiger charge is -2.12. The van der Waals surface area contributed by atoms with Gasteiger partial charge in [0.25, 0.3) is 5.91 Å². The van der Waals surface area contributed by atoms with Crippen molar-refractivity contribution in [1.29, 1.82) is 0 Å². The van der Waals surface area contributed by atoms with Crippen LogP contribution in [0.3, 0.4) is 0 Å². The lowest BCUT2D eigenvalue weighted by molar-refractivity contribution is -0.117. The Labute approximate surface area is 119 Å². The van der Waals surface area contributed by atoms with Crippen LogP contribution < -0.4 is 16.0 Å². The zero-order chi connectivity index (χ0) is 14.5. The van der Waals surface area contributed by atoms with Gasteiger partial charge in [0, 0.05) is 17.3 Å². The van der Waals surface area contributed by atoms with Gasteiger partial charge in [-0.15, -0.1) is 0 Å². The molecule has 3 N–H and O–H groups in total. The van der Waals surface area contributed by atoms with E-state index in [0.29, 0.717) is 11.3 Å². The molecule has 108 valence electrons. The average molecular weight is 275 g/mol. The van der Waals surface area contributed by atoms with Gasteiger partial charge in [0.05, 0.1) is 6.04 Å². The highest BCUT2D eigenvalue weighted by Crippen LogP contribution is 2.13. The van der Waals surface area contributed by atoms with Crippen LogP contribution in [0, 0.1) is 0 Å². The van der Waals surface area contributed by atoms with Crippen LogP contribution in [0.1, 0.15) is 37.0 Å². The van der Waals surface area contributed by atoms with Gasteiger partial charge < -0.3 is 16.0 Å². The maximum absolute atomic E-state index is 12.0. The molecule has 1 aliphatic rings. The van der Waals surface area contributed by atoms with E-state index in [1.165, 1.54) is 0 Å². The smallest absolute Gasteiger partial charge is 0.251 e. The van der Waals surface area contributed by atoms with Crippen LogP contribution in [0.2, 0.25) is 0 Å². The molecule has 5 nitrogen and oxygen atoms in total. The van der Waals surface area contributed by atoms with Crippen molar-refractivity contribution in [3.05, 3.63) is 29.8 Å². The Kier molecular flexibility index (Phi) is 4.74. The van der Waals surface area contributed by atoms with E-state index in [4.69, 9.17) is 0 Å². The van der Waals surface area contributed by atoms with Gasteiger partial charge >= 0.3 is 0 Å². The first-order valence-corrected chi connectivity index (χ1v) is 7.01. The normalized spacial score (nSPS) is 18.1. The molecule has 1 saturated heterocycles. The summed E-state index contributed by atoms with van der Waals surface area (Å²) in [5.74, 6) is -0.168. The topological polar surface area (TPSA) is 70.2 Å². The molecule has 0 unspecified atom stereocenters. The van der Waals surface area contributed by atoms with Crippen molar-refractivity contribution < 1.29 is 9.59 Å². The summed E-state index contributed by atoms with van der Waals surface area (Å²) in [7, 11) is 0. The SMILES string of the molecule is CC(C)NC(=O)c1cccc(NC(=O)[C@@H]2CCCN2)c1. The van der Waals surface area contributed by atoms with Crippen molar-refractivity contribution in [3.8, 4) is 0 Å². The summed E-state index contributed by atoms with van der Waals surface area (Å²) >= 11 is 0. The van der Waals surface area contributed by atoms with Crippen LogP contribution in [0.4, 0.5) is 5.69 Å². The lowest BCUT2D eigenvalue weighted by atomic mass is 10.1. The molecule has 0 saturated carbocycles. The van der Waals surface area contributed by atoms with Crippen LogP contribution in [-0.2, 0) is 4.79 Å². The fourth-order valence-electron chi connectivity index (χ4n) is 2.22. The van der Waals surface area contributed by atoms with E-state index in [-0.39, 0.29) is 23.9 Å². The summed E-state index contributed by atoms with van der Waals surface area (Å²) in [4.78, 5) is 23.9. The van der Waals surface area contributed by atoms with Gasteiger partial charge in [-0.25, -0.2) is 0 Å². The second-order valence-electron chi connectivity index (χ2n) is 5.35. The van der Waals surface area contributed by atoms with Gasteiger partial charge in [0.15, 0.2) is 0 Å². The molecule has 2 amide bonds. The predicted molar refractivity (Wildman–Crippen MR) is 78.7 cm³/mol. The van der Waals surface area contributed by atoms with Crippen molar-refractivity contribution in [2.45, 2.75) is 38.8 Å². The van der Waals surface area contributed by atoms with Crippen LogP contribution in [-0.4, -0.2) is 30.4 Å². The first kappa shape index (κ1) is 14.5. The molecule has 0 bridgehead atoms. The van der Waals surface area contributed by atoms with Crippen LogP contribution >= 0.6 is 0 Å². The molecular formula is C15H21N3O2. The summed E-state index contributed by atoms with van der Waals surface area (Å²) in [5, 5.41) is 8.83. The molecular weight excluding hydrogens is 254 g/mol. The van der Waals surface area contributed by atoms with E-state index in [1.807, 2.05) is 13.8 Å². The number of hydrogen-bond donors (Lipinski definition) is 3. The maximum atomic E-state index is 12.0. The lowest BCUT2D eigenvalue weighted by Crippen LogP contribution is -2.35. The molecule has 1 aromatic carbocycles. The number of nitrogens with one attached hydrogen (secondary N) is 3. The number of carbonyl (C=O) groups is 2. The second-order valence-corrected chi connectivity index (χ2v) is 5.35. The highest BCUT2D eigenvalue weighted by atomic mass is 16.2. The third-order valence-corrected chi connectivity index (χ3v) is 3.19. The van der Waals surface area contributed by atoms with Gasteiger partial charge in [-0.1, -0.05) is 6.07 Å². The van der Waals surface area contributed by atoms with E-state index >= 15 is 0 Å².